The number of nitrogen functional groups attached to an aromatic ring is 1. The lowest BCUT2D eigenvalue weighted by Gasteiger charge is -2.41. The highest BCUT2D eigenvalue weighted by molar-refractivity contribution is 5.90. The molecule has 2 fully saturated rings. The Hall–Kier alpha value is -1.55. The smallest absolute Gasteiger partial charge is 0.338 e. The second kappa shape index (κ2) is 7.37. The van der Waals surface area contributed by atoms with Crippen LogP contribution in [0.5, 0.6) is 0 Å². The standard InChI is InChI=1S/C24H38N2O2/c1-15(2)26(16(3)4)14-19-20-12-13-24(7,23(20,5)6)21(19)28-22(27)17-8-10-18(25)11-9-17/h8-11,15-16,19-21H,12-14,25H2,1-7H3. The number of hydrogen-bond acceptors (Lipinski definition) is 4. The predicted molar refractivity (Wildman–Crippen MR) is 115 cm³/mol. The molecule has 28 heavy (non-hydrogen) atoms. The normalized spacial score (nSPS) is 31.1. The van der Waals surface area contributed by atoms with E-state index in [0.717, 1.165) is 13.0 Å². The van der Waals surface area contributed by atoms with Crippen LogP contribution in [-0.4, -0.2) is 35.6 Å². The molecule has 1 aromatic rings. The van der Waals surface area contributed by atoms with Gasteiger partial charge in [0.25, 0.3) is 0 Å². The molecule has 156 valence electrons. The number of anilines is 1. The van der Waals surface area contributed by atoms with Crippen molar-refractivity contribution in [1.29, 1.82) is 0 Å². The van der Waals surface area contributed by atoms with Crippen LogP contribution in [0.2, 0.25) is 0 Å². The average molecular weight is 387 g/mol. The molecule has 0 aromatic heterocycles. The lowest BCUT2D eigenvalue weighted by Crippen LogP contribution is -2.47. The Bertz CT molecular complexity index is 702. The van der Waals surface area contributed by atoms with Gasteiger partial charge in [-0.3, -0.25) is 4.90 Å². The minimum absolute atomic E-state index is 0.0193. The molecular weight excluding hydrogens is 348 g/mol. The molecule has 0 amide bonds. The lowest BCUT2D eigenvalue weighted by atomic mass is 9.70. The summed E-state index contributed by atoms with van der Waals surface area (Å²) in [7, 11) is 0. The van der Waals surface area contributed by atoms with Gasteiger partial charge in [-0.05, 0) is 76.1 Å². The molecule has 4 atom stereocenters. The van der Waals surface area contributed by atoms with E-state index in [1.165, 1.54) is 6.42 Å². The number of carbonyl (C=O) groups is 1. The predicted octanol–water partition coefficient (Wildman–Crippen LogP) is 4.99. The fourth-order valence-electron chi connectivity index (χ4n) is 6.01. The molecule has 4 heteroatoms. The summed E-state index contributed by atoms with van der Waals surface area (Å²) in [4.78, 5) is 15.5. The molecule has 2 aliphatic carbocycles. The fraction of sp³-hybridized carbons (Fsp3) is 0.708. The Morgan fingerprint density at radius 2 is 1.71 bits per heavy atom. The molecule has 2 bridgehead atoms. The van der Waals surface area contributed by atoms with Gasteiger partial charge in [-0.1, -0.05) is 20.8 Å². The van der Waals surface area contributed by atoms with Gasteiger partial charge in [-0.2, -0.15) is 0 Å². The topological polar surface area (TPSA) is 55.6 Å². The summed E-state index contributed by atoms with van der Waals surface area (Å²) in [5.41, 5.74) is 7.21. The van der Waals surface area contributed by atoms with Gasteiger partial charge < -0.3 is 10.5 Å². The maximum atomic E-state index is 13.0. The third-order valence-electron chi connectivity index (χ3n) is 8.04. The average Bonchev–Trinajstić information content (AvgIpc) is 2.92. The van der Waals surface area contributed by atoms with Crippen LogP contribution in [0, 0.1) is 22.7 Å². The Balaban J connectivity index is 1.89. The molecule has 0 heterocycles. The molecule has 0 saturated heterocycles. The number of nitrogens with zero attached hydrogens (tertiary/aromatic N) is 1. The van der Waals surface area contributed by atoms with E-state index in [-0.39, 0.29) is 22.9 Å². The highest BCUT2D eigenvalue weighted by Gasteiger charge is 2.67. The van der Waals surface area contributed by atoms with Crippen LogP contribution in [0.3, 0.4) is 0 Å². The Morgan fingerprint density at radius 3 is 2.25 bits per heavy atom. The van der Waals surface area contributed by atoms with E-state index in [2.05, 4.69) is 53.4 Å². The van der Waals surface area contributed by atoms with Crippen molar-refractivity contribution in [2.75, 3.05) is 12.3 Å². The van der Waals surface area contributed by atoms with Gasteiger partial charge in [-0.15, -0.1) is 0 Å². The zero-order valence-corrected chi connectivity index (χ0v) is 18.7. The van der Waals surface area contributed by atoms with Gasteiger partial charge in [-0.25, -0.2) is 4.79 Å². The minimum Gasteiger partial charge on any atom is -0.458 e. The first-order valence-electron chi connectivity index (χ1n) is 10.8. The first kappa shape index (κ1) is 21.2. The monoisotopic (exact) mass is 386 g/mol. The van der Waals surface area contributed by atoms with E-state index in [4.69, 9.17) is 10.5 Å². The lowest BCUT2D eigenvalue weighted by molar-refractivity contribution is -0.0491. The number of carbonyl (C=O) groups excluding carboxylic acids is 1. The Labute approximate surface area is 170 Å². The molecule has 2 N–H and O–H groups in total. The van der Waals surface area contributed by atoms with Crippen LogP contribution in [-0.2, 0) is 4.74 Å². The SMILES string of the molecule is CC(C)N(CC1C2CCC(C)(C1OC(=O)c1ccc(N)cc1)C2(C)C)C(C)C. The van der Waals surface area contributed by atoms with Gasteiger partial charge in [0.2, 0.25) is 0 Å². The van der Waals surface area contributed by atoms with Crippen molar-refractivity contribution in [1.82, 2.24) is 4.90 Å². The van der Waals surface area contributed by atoms with E-state index in [9.17, 15) is 4.79 Å². The molecule has 4 unspecified atom stereocenters. The van der Waals surface area contributed by atoms with E-state index in [0.29, 0.717) is 35.2 Å². The maximum absolute atomic E-state index is 13.0. The molecule has 0 spiro atoms. The Morgan fingerprint density at radius 1 is 1.14 bits per heavy atom. The number of ether oxygens (including phenoxy) is 1. The first-order valence-corrected chi connectivity index (χ1v) is 10.8. The molecule has 2 saturated carbocycles. The zero-order valence-electron chi connectivity index (χ0n) is 18.7. The summed E-state index contributed by atoms with van der Waals surface area (Å²) in [6, 6.07) is 8.01. The van der Waals surface area contributed by atoms with Crippen molar-refractivity contribution >= 4 is 11.7 Å². The quantitative estimate of drug-likeness (QED) is 0.553. The number of rotatable bonds is 6. The summed E-state index contributed by atoms with van der Waals surface area (Å²) in [6.45, 7) is 17.1. The number of esters is 1. The molecule has 3 rings (SSSR count). The maximum Gasteiger partial charge on any atom is 0.338 e. The largest absolute Gasteiger partial charge is 0.458 e. The summed E-state index contributed by atoms with van der Waals surface area (Å²) in [5.74, 6) is 0.734. The van der Waals surface area contributed by atoms with Gasteiger partial charge in [0, 0.05) is 35.6 Å². The number of nitrogens with two attached hydrogens (primary N) is 1. The fourth-order valence-corrected chi connectivity index (χ4v) is 6.01. The van der Waals surface area contributed by atoms with Crippen molar-refractivity contribution in [2.24, 2.45) is 22.7 Å². The van der Waals surface area contributed by atoms with Gasteiger partial charge in [0.05, 0.1) is 5.56 Å². The van der Waals surface area contributed by atoms with Crippen molar-refractivity contribution in [2.45, 2.75) is 79.5 Å². The molecule has 4 nitrogen and oxygen atoms in total. The highest BCUT2D eigenvalue weighted by Crippen LogP contribution is 2.68. The minimum atomic E-state index is -0.222. The third kappa shape index (κ3) is 3.34. The van der Waals surface area contributed by atoms with Gasteiger partial charge in [0.1, 0.15) is 6.10 Å². The second-order valence-electron chi connectivity index (χ2n) is 10.3. The van der Waals surface area contributed by atoms with Crippen molar-refractivity contribution < 1.29 is 9.53 Å². The second-order valence-corrected chi connectivity index (χ2v) is 10.3. The Kier molecular flexibility index (Phi) is 5.57. The van der Waals surface area contributed by atoms with Crippen LogP contribution < -0.4 is 5.73 Å². The van der Waals surface area contributed by atoms with E-state index in [1.54, 1.807) is 24.3 Å². The molecule has 1 aromatic carbocycles. The van der Waals surface area contributed by atoms with Crippen LogP contribution >= 0.6 is 0 Å². The molecule has 0 aliphatic heterocycles. The summed E-state index contributed by atoms with van der Waals surface area (Å²) < 4.78 is 6.28. The summed E-state index contributed by atoms with van der Waals surface area (Å²) in [6.07, 6.45) is 2.31. The summed E-state index contributed by atoms with van der Waals surface area (Å²) >= 11 is 0. The molecule has 2 aliphatic rings. The van der Waals surface area contributed by atoms with Crippen LogP contribution in [0.1, 0.15) is 71.7 Å². The van der Waals surface area contributed by atoms with Crippen LogP contribution in [0.25, 0.3) is 0 Å². The first-order chi connectivity index (χ1) is 13.0. The number of fused-ring (bicyclic) bond motifs is 2. The highest BCUT2D eigenvalue weighted by atomic mass is 16.5. The molecule has 0 radical (unpaired) electrons. The molecular formula is C24H38N2O2. The van der Waals surface area contributed by atoms with Crippen LogP contribution in [0.15, 0.2) is 24.3 Å². The number of hydrogen-bond donors (Lipinski definition) is 1. The van der Waals surface area contributed by atoms with E-state index >= 15 is 0 Å². The van der Waals surface area contributed by atoms with Crippen molar-refractivity contribution in [3.8, 4) is 0 Å². The van der Waals surface area contributed by atoms with E-state index < -0.39 is 0 Å². The van der Waals surface area contributed by atoms with Gasteiger partial charge >= 0.3 is 5.97 Å². The number of benzene rings is 1. The van der Waals surface area contributed by atoms with Crippen molar-refractivity contribution in [3.63, 3.8) is 0 Å². The van der Waals surface area contributed by atoms with Gasteiger partial charge in [0.15, 0.2) is 0 Å². The third-order valence-corrected chi connectivity index (χ3v) is 8.04. The van der Waals surface area contributed by atoms with E-state index in [1.807, 2.05) is 0 Å². The summed E-state index contributed by atoms with van der Waals surface area (Å²) in [5, 5.41) is 0. The van der Waals surface area contributed by atoms with Crippen molar-refractivity contribution in [3.05, 3.63) is 29.8 Å². The van der Waals surface area contributed by atoms with Crippen LogP contribution in [0.4, 0.5) is 5.69 Å². The zero-order chi connectivity index (χ0) is 20.9.